The molecule has 16 heavy (non-hydrogen) atoms. The summed E-state index contributed by atoms with van der Waals surface area (Å²) in [4.78, 5) is 0. The molecule has 1 N–H and O–H groups in total. The summed E-state index contributed by atoms with van der Waals surface area (Å²) in [5.41, 5.74) is 1.14. The van der Waals surface area contributed by atoms with Crippen molar-refractivity contribution in [3.05, 3.63) is 33.8 Å². The Kier molecular flexibility index (Phi) is 5.60. The van der Waals surface area contributed by atoms with Crippen molar-refractivity contribution in [3.8, 4) is 0 Å². The average molecular weight is 260 g/mol. The van der Waals surface area contributed by atoms with Gasteiger partial charge in [0.1, 0.15) is 0 Å². The molecule has 3 heteroatoms. The molecule has 0 radical (unpaired) electrons. The van der Waals surface area contributed by atoms with Crippen LogP contribution in [0.5, 0.6) is 0 Å². The van der Waals surface area contributed by atoms with Gasteiger partial charge in [0, 0.05) is 22.6 Å². The van der Waals surface area contributed by atoms with Crippen molar-refractivity contribution >= 4 is 23.2 Å². The Hall–Kier alpha value is -0.240. The molecule has 1 unspecified atom stereocenters. The van der Waals surface area contributed by atoms with E-state index in [9.17, 15) is 0 Å². The molecule has 0 heterocycles. The van der Waals surface area contributed by atoms with Gasteiger partial charge in [0.25, 0.3) is 0 Å². The molecule has 0 aliphatic carbocycles. The number of nitrogens with one attached hydrogen (secondary N) is 1. The lowest BCUT2D eigenvalue weighted by atomic mass is 10.0. The molecule has 1 aromatic rings. The van der Waals surface area contributed by atoms with Crippen molar-refractivity contribution in [2.45, 2.75) is 39.8 Å². The van der Waals surface area contributed by atoms with Crippen molar-refractivity contribution in [1.82, 2.24) is 5.32 Å². The largest absolute Gasteiger partial charge is 0.310 e. The summed E-state index contributed by atoms with van der Waals surface area (Å²) < 4.78 is 0. The van der Waals surface area contributed by atoms with Gasteiger partial charge in [-0.25, -0.2) is 0 Å². The quantitative estimate of drug-likeness (QED) is 0.820. The van der Waals surface area contributed by atoms with Crippen LogP contribution < -0.4 is 5.32 Å². The lowest BCUT2D eigenvalue weighted by Gasteiger charge is -2.20. The highest BCUT2D eigenvalue weighted by atomic mass is 35.5. The van der Waals surface area contributed by atoms with E-state index in [1.54, 1.807) is 6.07 Å². The second-order valence-corrected chi connectivity index (χ2v) is 5.29. The fraction of sp³-hybridized carbons (Fsp3) is 0.538. The minimum Gasteiger partial charge on any atom is -0.310 e. The SMILES string of the molecule is CCC(NCc1cc(Cl)cc(Cl)c1)C(C)C. The Balaban J connectivity index is 2.60. The molecule has 0 aliphatic rings. The smallest absolute Gasteiger partial charge is 0.0424 e. The summed E-state index contributed by atoms with van der Waals surface area (Å²) in [6, 6.07) is 6.20. The summed E-state index contributed by atoms with van der Waals surface area (Å²) in [6.07, 6.45) is 1.13. The minimum atomic E-state index is 0.540. The molecule has 0 fully saturated rings. The molecule has 1 rings (SSSR count). The summed E-state index contributed by atoms with van der Waals surface area (Å²) >= 11 is 11.9. The van der Waals surface area contributed by atoms with Gasteiger partial charge in [-0.05, 0) is 36.1 Å². The molecule has 0 aliphatic heterocycles. The summed E-state index contributed by atoms with van der Waals surface area (Å²) in [6.45, 7) is 7.47. The standard InChI is InChI=1S/C13H19Cl2N/c1-4-13(9(2)3)16-8-10-5-11(14)7-12(15)6-10/h5-7,9,13,16H,4,8H2,1-3H3. The average Bonchev–Trinajstić information content (AvgIpc) is 2.16. The van der Waals surface area contributed by atoms with Gasteiger partial charge in [0.05, 0.1) is 0 Å². The molecular weight excluding hydrogens is 241 g/mol. The van der Waals surface area contributed by atoms with E-state index in [2.05, 4.69) is 26.1 Å². The van der Waals surface area contributed by atoms with Crippen molar-refractivity contribution in [2.75, 3.05) is 0 Å². The van der Waals surface area contributed by atoms with E-state index < -0.39 is 0 Å². The molecule has 1 atom stereocenters. The van der Waals surface area contributed by atoms with Crippen LogP contribution in [0.1, 0.15) is 32.8 Å². The zero-order valence-corrected chi connectivity index (χ0v) is 11.6. The maximum absolute atomic E-state index is 5.95. The van der Waals surface area contributed by atoms with E-state index in [0.29, 0.717) is 22.0 Å². The summed E-state index contributed by atoms with van der Waals surface area (Å²) in [5, 5.41) is 4.91. The zero-order valence-electron chi connectivity index (χ0n) is 10.1. The van der Waals surface area contributed by atoms with Crippen LogP contribution in [0.3, 0.4) is 0 Å². The van der Waals surface area contributed by atoms with E-state index in [4.69, 9.17) is 23.2 Å². The van der Waals surface area contributed by atoms with E-state index >= 15 is 0 Å². The van der Waals surface area contributed by atoms with Crippen LogP contribution in [0, 0.1) is 5.92 Å². The van der Waals surface area contributed by atoms with Crippen LogP contribution >= 0.6 is 23.2 Å². The van der Waals surface area contributed by atoms with Gasteiger partial charge in [0.15, 0.2) is 0 Å². The lowest BCUT2D eigenvalue weighted by Crippen LogP contribution is -2.32. The Bertz CT molecular complexity index is 316. The summed E-state index contributed by atoms with van der Waals surface area (Å²) in [7, 11) is 0. The molecule has 1 nitrogen and oxygen atoms in total. The molecule has 0 saturated carbocycles. The highest BCUT2D eigenvalue weighted by Gasteiger charge is 2.10. The maximum Gasteiger partial charge on any atom is 0.0424 e. The van der Waals surface area contributed by atoms with Gasteiger partial charge in [-0.2, -0.15) is 0 Å². The lowest BCUT2D eigenvalue weighted by molar-refractivity contribution is 0.387. The third-order valence-corrected chi connectivity index (χ3v) is 3.17. The number of benzene rings is 1. The molecular formula is C13H19Cl2N. The first-order chi connectivity index (χ1) is 7.52. The number of hydrogen-bond acceptors (Lipinski definition) is 1. The maximum atomic E-state index is 5.95. The third-order valence-electron chi connectivity index (χ3n) is 2.74. The predicted octanol–water partition coefficient (Wildman–Crippen LogP) is 4.52. The van der Waals surface area contributed by atoms with Crippen molar-refractivity contribution < 1.29 is 0 Å². The zero-order chi connectivity index (χ0) is 12.1. The second kappa shape index (κ2) is 6.48. The highest BCUT2D eigenvalue weighted by molar-refractivity contribution is 6.34. The highest BCUT2D eigenvalue weighted by Crippen LogP contribution is 2.19. The molecule has 0 spiro atoms. The second-order valence-electron chi connectivity index (χ2n) is 4.42. The first kappa shape index (κ1) is 13.8. The third kappa shape index (κ3) is 4.32. The van der Waals surface area contributed by atoms with Crippen LogP contribution in [-0.4, -0.2) is 6.04 Å². The van der Waals surface area contributed by atoms with Gasteiger partial charge in [0.2, 0.25) is 0 Å². The van der Waals surface area contributed by atoms with Gasteiger partial charge in [-0.15, -0.1) is 0 Å². The van der Waals surface area contributed by atoms with E-state index in [-0.39, 0.29) is 0 Å². The van der Waals surface area contributed by atoms with E-state index in [1.807, 2.05) is 12.1 Å². The summed E-state index contributed by atoms with van der Waals surface area (Å²) in [5.74, 6) is 0.639. The van der Waals surface area contributed by atoms with E-state index in [0.717, 1.165) is 18.5 Å². The van der Waals surface area contributed by atoms with Gasteiger partial charge in [-0.1, -0.05) is 44.0 Å². The van der Waals surface area contributed by atoms with Gasteiger partial charge >= 0.3 is 0 Å². The van der Waals surface area contributed by atoms with Crippen LogP contribution in [-0.2, 0) is 6.54 Å². The number of rotatable bonds is 5. The molecule has 0 saturated heterocycles. The van der Waals surface area contributed by atoms with Crippen LogP contribution in [0.2, 0.25) is 10.0 Å². The fourth-order valence-corrected chi connectivity index (χ4v) is 2.38. The first-order valence-corrected chi connectivity index (χ1v) is 6.47. The molecule has 90 valence electrons. The normalized spacial score (nSPS) is 13.1. The van der Waals surface area contributed by atoms with Crippen molar-refractivity contribution in [2.24, 2.45) is 5.92 Å². The first-order valence-electron chi connectivity index (χ1n) is 5.71. The van der Waals surface area contributed by atoms with Crippen LogP contribution in [0.4, 0.5) is 0 Å². The van der Waals surface area contributed by atoms with Crippen molar-refractivity contribution in [1.29, 1.82) is 0 Å². The Morgan fingerprint density at radius 1 is 1.12 bits per heavy atom. The molecule has 0 aromatic heterocycles. The Morgan fingerprint density at radius 3 is 2.12 bits per heavy atom. The van der Waals surface area contributed by atoms with Crippen LogP contribution in [0.15, 0.2) is 18.2 Å². The minimum absolute atomic E-state index is 0.540. The number of halogens is 2. The van der Waals surface area contributed by atoms with Gasteiger partial charge < -0.3 is 5.32 Å². The topological polar surface area (TPSA) is 12.0 Å². The van der Waals surface area contributed by atoms with Gasteiger partial charge in [-0.3, -0.25) is 0 Å². The molecule has 0 bridgehead atoms. The van der Waals surface area contributed by atoms with Crippen LogP contribution in [0.25, 0.3) is 0 Å². The number of hydrogen-bond donors (Lipinski definition) is 1. The monoisotopic (exact) mass is 259 g/mol. The van der Waals surface area contributed by atoms with Crippen molar-refractivity contribution in [3.63, 3.8) is 0 Å². The Labute approximate surface area is 108 Å². The predicted molar refractivity (Wildman–Crippen MR) is 72.2 cm³/mol. The fourth-order valence-electron chi connectivity index (χ4n) is 1.81. The Morgan fingerprint density at radius 2 is 1.69 bits per heavy atom. The molecule has 1 aromatic carbocycles. The van der Waals surface area contributed by atoms with E-state index in [1.165, 1.54) is 0 Å². The molecule has 0 amide bonds.